The van der Waals surface area contributed by atoms with Crippen LogP contribution in [0, 0.1) is 0 Å². The van der Waals surface area contributed by atoms with Gasteiger partial charge in [0, 0.05) is 32.2 Å². The van der Waals surface area contributed by atoms with Crippen LogP contribution in [0.5, 0.6) is 0 Å². The molecule has 1 N–H and O–H groups in total. The first-order valence-electron chi connectivity index (χ1n) is 4.93. The van der Waals surface area contributed by atoms with Gasteiger partial charge in [0.15, 0.2) is 11.0 Å². The molecular formula is C10H12ClN5. The summed E-state index contributed by atoms with van der Waals surface area (Å²) in [4.78, 5) is 8.02. The van der Waals surface area contributed by atoms with E-state index in [0.29, 0.717) is 11.0 Å². The molecule has 0 fully saturated rings. The second-order valence-electron chi connectivity index (χ2n) is 3.39. The molecule has 0 atom stereocenters. The zero-order valence-electron chi connectivity index (χ0n) is 8.89. The first kappa shape index (κ1) is 10.9. The highest BCUT2D eigenvalue weighted by molar-refractivity contribution is 6.31. The number of hydrogen-bond acceptors (Lipinski definition) is 4. The molecule has 2 heterocycles. The van der Waals surface area contributed by atoms with Crippen LogP contribution in [0.1, 0.15) is 5.56 Å². The van der Waals surface area contributed by atoms with Gasteiger partial charge in [-0.2, -0.15) is 5.10 Å². The number of aryl methyl sites for hydroxylation is 1. The third-order valence-electron chi connectivity index (χ3n) is 2.12. The van der Waals surface area contributed by atoms with Crippen molar-refractivity contribution in [1.82, 2.24) is 19.7 Å². The average Bonchev–Trinajstić information content (AvgIpc) is 2.67. The van der Waals surface area contributed by atoms with E-state index in [4.69, 9.17) is 11.6 Å². The zero-order chi connectivity index (χ0) is 11.4. The van der Waals surface area contributed by atoms with Crippen LogP contribution in [0.3, 0.4) is 0 Å². The van der Waals surface area contributed by atoms with Crippen molar-refractivity contribution in [2.45, 2.75) is 6.42 Å². The van der Waals surface area contributed by atoms with Crippen molar-refractivity contribution in [2.75, 3.05) is 11.9 Å². The highest BCUT2D eigenvalue weighted by Gasteiger charge is 2.01. The number of rotatable bonds is 4. The topological polar surface area (TPSA) is 55.6 Å². The Labute approximate surface area is 98.5 Å². The van der Waals surface area contributed by atoms with Gasteiger partial charge >= 0.3 is 0 Å². The summed E-state index contributed by atoms with van der Waals surface area (Å²) in [5.41, 5.74) is 1.18. The maximum Gasteiger partial charge on any atom is 0.171 e. The van der Waals surface area contributed by atoms with Crippen molar-refractivity contribution in [3.63, 3.8) is 0 Å². The number of anilines is 1. The Hall–Kier alpha value is -1.62. The van der Waals surface area contributed by atoms with Gasteiger partial charge in [0.05, 0.1) is 6.20 Å². The van der Waals surface area contributed by atoms with Gasteiger partial charge in [0.25, 0.3) is 0 Å². The minimum Gasteiger partial charge on any atom is -0.367 e. The molecule has 0 aliphatic carbocycles. The molecule has 0 amide bonds. The summed E-state index contributed by atoms with van der Waals surface area (Å²) in [6, 6.07) is 0. The molecule has 16 heavy (non-hydrogen) atoms. The van der Waals surface area contributed by atoms with E-state index >= 15 is 0 Å². The summed E-state index contributed by atoms with van der Waals surface area (Å²) < 4.78 is 1.78. The first-order valence-corrected chi connectivity index (χ1v) is 5.31. The van der Waals surface area contributed by atoms with Gasteiger partial charge in [-0.3, -0.25) is 4.68 Å². The zero-order valence-corrected chi connectivity index (χ0v) is 9.65. The van der Waals surface area contributed by atoms with E-state index in [0.717, 1.165) is 13.0 Å². The number of aromatic nitrogens is 4. The predicted molar refractivity (Wildman–Crippen MR) is 62.4 cm³/mol. The van der Waals surface area contributed by atoms with E-state index < -0.39 is 0 Å². The lowest BCUT2D eigenvalue weighted by molar-refractivity contribution is 0.767. The fourth-order valence-corrected chi connectivity index (χ4v) is 1.54. The molecule has 0 aliphatic rings. The van der Waals surface area contributed by atoms with E-state index in [1.807, 2.05) is 19.4 Å². The average molecular weight is 238 g/mol. The molecule has 0 saturated heterocycles. The lowest BCUT2D eigenvalue weighted by Gasteiger charge is -2.04. The van der Waals surface area contributed by atoms with E-state index in [1.54, 1.807) is 17.1 Å². The van der Waals surface area contributed by atoms with E-state index in [2.05, 4.69) is 20.4 Å². The van der Waals surface area contributed by atoms with Crippen molar-refractivity contribution in [3.8, 4) is 0 Å². The van der Waals surface area contributed by atoms with Crippen LogP contribution >= 0.6 is 11.6 Å². The molecule has 6 heteroatoms. The molecular weight excluding hydrogens is 226 g/mol. The molecule has 5 nitrogen and oxygen atoms in total. The minimum absolute atomic E-state index is 0.397. The number of nitrogens with zero attached hydrogens (tertiary/aromatic N) is 4. The summed E-state index contributed by atoms with van der Waals surface area (Å²) in [6.07, 6.45) is 7.88. The molecule has 84 valence electrons. The molecule has 0 bridgehead atoms. The van der Waals surface area contributed by atoms with Gasteiger partial charge in [-0.1, -0.05) is 11.6 Å². The summed E-state index contributed by atoms with van der Waals surface area (Å²) in [5, 5.41) is 7.62. The first-order chi connectivity index (χ1) is 7.75. The van der Waals surface area contributed by atoms with Gasteiger partial charge < -0.3 is 5.32 Å². The Bertz CT molecular complexity index is 468. The SMILES string of the molecule is Cn1cc(CCNc2nccnc2Cl)cn1. The monoisotopic (exact) mass is 237 g/mol. The van der Waals surface area contributed by atoms with Crippen LogP contribution in [0.4, 0.5) is 5.82 Å². The van der Waals surface area contributed by atoms with Crippen LogP contribution in [-0.2, 0) is 13.5 Å². The Kier molecular flexibility index (Phi) is 3.36. The van der Waals surface area contributed by atoms with E-state index in [1.165, 1.54) is 5.56 Å². The summed E-state index contributed by atoms with van der Waals surface area (Å²) in [7, 11) is 1.90. The van der Waals surface area contributed by atoms with Crippen molar-refractivity contribution in [2.24, 2.45) is 7.05 Å². The van der Waals surface area contributed by atoms with Crippen LogP contribution in [-0.4, -0.2) is 26.3 Å². The molecule has 2 aromatic rings. The summed E-state index contributed by atoms with van der Waals surface area (Å²) >= 11 is 5.86. The fourth-order valence-electron chi connectivity index (χ4n) is 1.37. The molecule has 0 unspecified atom stereocenters. The van der Waals surface area contributed by atoms with Crippen LogP contribution in [0.2, 0.25) is 5.15 Å². The van der Waals surface area contributed by atoms with E-state index in [9.17, 15) is 0 Å². The van der Waals surface area contributed by atoms with Crippen molar-refractivity contribution >= 4 is 17.4 Å². The molecule has 2 rings (SSSR count). The quantitative estimate of drug-likeness (QED) is 0.876. The second-order valence-corrected chi connectivity index (χ2v) is 3.75. The maximum atomic E-state index is 5.86. The third-order valence-corrected chi connectivity index (χ3v) is 2.39. The number of halogens is 1. The van der Waals surface area contributed by atoms with Gasteiger partial charge in [-0.05, 0) is 12.0 Å². The Morgan fingerprint density at radius 1 is 1.38 bits per heavy atom. The van der Waals surface area contributed by atoms with Gasteiger partial charge in [-0.15, -0.1) is 0 Å². The molecule has 0 saturated carbocycles. The lowest BCUT2D eigenvalue weighted by atomic mass is 10.2. The molecule has 0 aromatic carbocycles. The number of hydrogen-bond donors (Lipinski definition) is 1. The van der Waals surface area contributed by atoms with Crippen molar-refractivity contribution < 1.29 is 0 Å². The normalized spacial score (nSPS) is 10.4. The molecule has 0 radical (unpaired) electrons. The van der Waals surface area contributed by atoms with Gasteiger partial charge in [0.2, 0.25) is 0 Å². The third kappa shape index (κ3) is 2.70. The largest absolute Gasteiger partial charge is 0.367 e. The molecule has 0 aliphatic heterocycles. The fraction of sp³-hybridized carbons (Fsp3) is 0.300. The Balaban J connectivity index is 1.87. The number of nitrogens with one attached hydrogen (secondary N) is 1. The van der Waals surface area contributed by atoms with Gasteiger partial charge in [0.1, 0.15) is 0 Å². The van der Waals surface area contributed by atoms with Crippen molar-refractivity contribution in [1.29, 1.82) is 0 Å². The van der Waals surface area contributed by atoms with Crippen LogP contribution in [0.15, 0.2) is 24.8 Å². The smallest absolute Gasteiger partial charge is 0.171 e. The highest BCUT2D eigenvalue weighted by atomic mass is 35.5. The minimum atomic E-state index is 0.397. The van der Waals surface area contributed by atoms with Crippen molar-refractivity contribution in [3.05, 3.63) is 35.5 Å². The standard InChI is InChI=1S/C10H12ClN5/c1-16-7-8(6-15-16)2-3-13-10-9(11)12-4-5-14-10/h4-7H,2-3H2,1H3,(H,13,14). The van der Waals surface area contributed by atoms with Crippen LogP contribution in [0.25, 0.3) is 0 Å². The highest BCUT2D eigenvalue weighted by Crippen LogP contribution is 2.13. The van der Waals surface area contributed by atoms with Crippen LogP contribution < -0.4 is 5.32 Å². The van der Waals surface area contributed by atoms with Gasteiger partial charge in [-0.25, -0.2) is 9.97 Å². The summed E-state index contributed by atoms with van der Waals surface area (Å²) in [5.74, 6) is 0.619. The Morgan fingerprint density at radius 3 is 2.88 bits per heavy atom. The second kappa shape index (κ2) is 4.94. The maximum absolute atomic E-state index is 5.86. The summed E-state index contributed by atoms with van der Waals surface area (Å²) in [6.45, 7) is 0.754. The molecule has 0 spiro atoms. The molecule has 2 aromatic heterocycles. The lowest BCUT2D eigenvalue weighted by Crippen LogP contribution is -2.06. The Morgan fingerprint density at radius 2 is 2.19 bits per heavy atom. The predicted octanol–water partition coefficient (Wildman–Crippen LogP) is 1.52. The van der Waals surface area contributed by atoms with E-state index in [-0.39, 0.29) is 0 Å².